The summed E-state index contributed by atoms with van der Waals surface area (Å²) in [4.78, 5) is 26.7. The lowest BCUT2D eigenvalue weighted by Crippen LogP contribution is -2.47. The van der Waals surface area contributed by atoms with Crippen molar-refractivity contribution in [2.45, 2.75) is 33.1 Å². The van der Waals surface area contributed by atoms with Crippen LogP contribution in [-0.2, 0) is 9.53 Å². The fourth-order valence-electron chi connectivity index (χ4n) is 3.36. The first-order valence-corrected chi connectivity index (χ1v) is 10.4. The monoisotopic (exact) mass is 395 g/mol. The number of aromatic nitrogens is 2. The zero-order chi connectivity index (χ0) is 20.8. The number of piperazine rings is 1. The van der Waals surface area contributed by atoms with Gasteiger partial charge in [0.05, 0.1) is 23.7 Å². The van der Waals surface area contributed by atoms with E-state index in [1.165, 1.54) is 0 Å². The predicted molar refractivity (Wildman–Crippen MR) is 113 cm³/mol. The van der Waals surface area contributed by atoms with Crippen LogP contribution in [0.3, 0.4) is 0 Å². The topological polar surface area (TPSA) is 82.3 Å². The third-order valence-electron chi connectivity index (χ3n) is 5.54. The number of para-hydroxylation sites is 2. The Morgan fingerprint density at radius 3 is 2.41 bits per heavy atom. The van der Waals surface area contributed by atoms with Crippen molar-refractivity contribution >= 4 is 22.8 Å². The largest absolute Gasteiger partial charge is 0.464 e. The third kappa shape index (κ3) is 4.83. The molecule has 0 amide bonds. The van der Waals surface area contributed by atoms with Gasteiger partial charge >= 0.3 is 5.97 Å². The van der Waals surface area contributed by atoms with E-state index in [-0.39, 0.29) is 5.92 Å². The molecule has 0 saturated carbocycles. The number of nitriles is 1. The number of nitrogens with zero attached hydrogens (tertiary/aromatic N) is 5. The Kier molecular flexibility index (Phi) is 6.99. The number of rotatable bonds is 7. The third-order valence-corrected chi connectivity index (χ3v) is 5.54. The van der Waals surface area contributed by atoms with Crippen LogP contribution in [-0.4, -0.2) is 60.2 Å². The summed E-state index contributed by atoms with van der Waals surface area (Å²) in [6, 6.07) is 9.66. The Hall–Kier alpha value is -2.72. The van der Waals surface area contributed by atoms with Gasteiger partial charge in [-0.15, -0.1) is 0 Å². The minimum absolute atomic E-state index is 0.252. The molecule has 0 radical (unpaired) electrons. The van der Waals surface area contributed by atoms with Crippen LogP contribution in [0.2, 0.25) is 0 Å². The Bertz CT molecular complexity index is 886. The highest BCUT2D eigenvalue weighted by Crippen LogP contribution is 2.28. The SMILES string of the molecule is CC[C@H](C)COC(=O)[C@H](C#N)c1nc2ccccc2nc1N1CCN(CC)CC1. The zero-order valence-corrected chi connectivity index (χ0v) is 17.5. The van der Waals surface area contributed by atoms with Crippen LogP contribution in [0.1, 0.15) is 38.8 Å². The number of ether oxygens (including phenoxy) is 1. The fourth-order valence-corrected chi connectivity index (χ4v) is 3.36. The van der Waals surface area contributed by atoms with Crippen LogP contribution in [0.5, 0.6) is 0 Å². The van der Waals surface area contributed by atoms with Crippen molar-refractivity contribution in [3.63, 3.8) is 0 Å². The molecule has 7 nitrogen and oxygen atoms in total. The fraction of sp³-hybridized carbons (Fsp3) is 0.545. The Morgan fingerprint density at radius 1 is 1.17 bits per heavy atom. The van der Waals surface area contributed by atoms with Crippen LogP contribution in [0, 0.1) is 17.2 Å². The Balaban J connectivity index is 1.95. The highest BCUT2D eigenvalue weighted by atomic mass is 16.5. The van der Waals surface area contributed by atoms with Crippen LogP contribution in [0.25, 0.3) is 11.0 Å². The molecule has 154 valence electrons. The number of carbonyl (C=O) groups is 1. The number of benzene rings is 1. The van der Waals surface area contributed by atoms with Crippen LogP contribution >= 0.6 is 0 Å². The van der Waals surface area contributed by atoms with Crippen LogP contribution < -0.4 is 4.90 Å². The summed E-state index contributed by atoms with van der Waals surface area (Å²) in [5, 5.41) is 9.80. The minimum Gasteiger partial charge on any atom is -0.464 e. The first-order valence-electron chi connectivity index (χ1n) is 10.4. The lowest BCUT2D eigenvalue weighted by Gasteiger charge is -2.35. The molecule has 1 fully saturated rings. The molecule has 1 aliphatic rings. The highest BCUT2D eigenvalue weighted by Gasteiger charge is 2.31. The van der Waals surface area contributed by atoms with Gasteiger partial charge in [0.25, 0.3) is 0 Å². The van der Waals surface area contributed by atoms with E-state index in [1.807, 2.05) is 38.1 Å². The highest BCUT2D eigenvalue weighted by molar-refractivity contribution is 5.85. The predicted octanol–water partition coefficient (Wildman–Crippen LogP) is 2.97. The molecule has 0 aliphatic carbocycles. The van der Waals surface area contributed by atoms with E-state index < -0.39 is 11.9 Å². The molecule has 2 atom stereocenters. The standard InChI is InChI=1S/C22H29N5O2/c1-4-16(3)15-29-22(28)17(14-23)20-21(27-12-10-26(5-2)11-13-27)25-19-9-7-6-8-18(19)24-20/h6-9,16-17H,4-5,10-13,15H2,1-3H3/t16-,17+/m0/s1. The van der Waals surface area contributed by atoms with Gasteiger partial charge in [-0.3, -0.25) is 4.79 Å². The van der Waals surface area contributed by atoms with Gasteiger partial charge in [0.15, 0.2) is 11.7 Å². The number of anilines is 1. The molecule has 0 unspecified atom stereocenters. The maximum atomic E-state index is 12.7. The van der Waals surface area contributed by atoms with Gasteiger partial charge in [-0.2, -0.15) is 5.26 Å². The lowest BCUT2D eigenvalue weighted by molar-refractivity contribution is -0.145. The summed E-state index contributed by atoms with van der Waals surface area (Å²) >= 11 is 0. The van der Waals surface area contributed by atoms with Gasteiger partial charge in [0.2, 0.25) is 0 Å². The molecular weight excluding hydrogens is 366 g/mol. The zero-order valence-electron chi connectivity index (χ0n) is 17.5. The first-order chi connectivity index (χ1) is 14.1. The van der Waals surface area contributed by atoms with E-state index in [4.69, 9.17) is 9.72 Å². The van der Waals surface area contributed by atoms with Gasteiger partial charge in [0.1, 0.15) is 5.69 Å². The molecular formula is C22H29N5O2. The maximum Gasteiger partial charge on any atom is 0.329 e. The Labute approximate surface area is 172 Å². The molecule has 0 spiro atoms. The summed E-state index contributed by atoms with van der Waals surface area (Å²) in [5.41, 5.74) is 1.83. The molecule has 0 bridgehead atoms. The van der Waals surface area contributed by atoms with Gasteiger partial charge in [-0.25, -0.2) is 9.97 Å². The average Bonchev–Trinajstić information content (AvgIpc) is 2.77. The van der Waals surface area contributed by atoms with E-state index in [1.54, 1.807) is 0 Å². The maximum absolute atomic E-state index is 12.7. The molecule has 1 aromatic heterocycles. The van der Waals surface area contributed by atoms with Crippen molar-refractivity contribution in [1.82, 2.24) is 14.9 Å². The quantitative estimate of drug-likeness (QED) is 0.667. The average molecular weight is 396 g/mol. The first kappa shape index (κ1) is 21.0. The van der Waals surface area contributed by atoms with Gasteiger partial charge < -0.3 is 14.5 Å². The second-order valence-corrected chi connectivity index (χ2v) is 7.55. The smallest absolute Gasteiger partial charge is 0.329 e. The van der Waals surface area contributed by atoms with E-state index in [9.17, 15) is 10.1 Å². The lowest BCUT2D eigenvalue weighted by atomic mass is 10.1. The van der Waals surface area contributed by atoms with Crippen LogP contribution in [0.4, 0.5) is 5.82 Å². The summed E-state index contributed by atoms with van der Waals surface area (Å²) in [6.45, 7) is 10.9. The van der Waals surface area contributed by atoms with Crippen molar-refractivity contribution in [2.75, 3.05) is 44.2 Å². The van der Waals surface area contributed by atoms with E-state index >= 15 is 0 Å². The van der Waals surface area contributed by atoms with E-state index in [0.717, 1.165) is 44.7 Å². The summed E-state index contributed by atoms with van der Waals surface area (Å²) in [5.74, 6) is -0.768. The normalized spacial score (nSPS) is 17.0. The van der Waals surface area contributed by atoms with Crippen molar-refractivity contribution in [3.05, 3.63) is 30.0 Å². The molecule has 3 rings (SSSR count). The number of esters is 1. The molecule has 2 heterocycles. The molecule has 29 heavy (non-hydrogen) atoms. The number of hydrogen-bond donors (Lipinski definition) is 0. The molecule has 2 aromatic rings. The molecule has 1 aromatic carbocycles. The summed E-state index contributed by atoms with van der Waals surface area (Å²) in [7, 11) is 0. The van der Waals surface area contributed by atoms with Crippen molar-refractivity contribution in [2.24, 2.45) is 5.92 Å². The van der Waals surface area contributed by atoms with Crippen molar-refractivity contribution in [1.29, 1.82) is 5.26 Å². The second kappa shape index (κ2) is 9.66. The number of hydrogen-bond acceptors (Lipinski definition) is 7. The Morgan fingerprint density at radius 2 is 1.83 bits per heavy atom. The second-order valence-electron chi connectivity index (χ2n) is 7.55. The molecule has 1 saturated heterocycles. The van der Waals surface area contributed by atoms with Crippen molar-refractivity contribution < 1.29 is 9.53 Å². The van der Waals surface area contributed by atoms with Gasteiger partial charge in [-0.1, -0.05) is 39.3 Å². The van der Waals surface area contributed by atoms with Crippen LogP contribution in [0.15, 0.2) is 24.3 Å². The number of fused-ring (bicyclic) bond motifs is 1. The number of likely N-dealkylation sites (N-methyl/N-ethyl adjacent to an activating group) is 1. The van der Waals surface area contributed by atoms with E-state index in [0.29, 0.717) is 23.6 Å². The summed E-state index contributed by atoms with van der Waals surface area (Å²) < 4.78 is 5.44. The van der Waals surface area contributed by atoms with E-state index in [2.05, 4.69) is 27.8 Å². The summed E-state index contributed by atoms with van der Waals surface area (Å²) in [6.07, 6.45) is 0.910. The molecule has 0 N–H and O–H groups in total. The minimum atomic E-state index is -1.09. The van der Waals surface area contributed by atoms with Gasteiger partial charge in [-0.05, 0) is 24.6 Å². The van der Waals surface area contributed by atoms with Gasteiger partial charge in [0, 0.05) is 26.2 Å². The van der Waals surface area contributed by atoms with Crippen molar-refractivity contribution in [3.8, 4) is 6.07 Å². The molecule has 7 heteroatoms. The molecule has 1 aliphatic heterocycles. The number of carbonyl (C=O) groups excluding carboxylic acids is 1.